The molecule has 1 N–H and O–H groups in total. The fourth-order valence-corrected chi connectivity index (χ4v) is 5.45. The van der Waals surface area contributed by atoms with Gasteiger partial charge in [-0.3, -0.25) is 9.59 Å². The topological polar surface area (TPSA) is 68.3 Å². The maximum atomic E-state index is 13.0. The first-order valence-electron chi connectivity index (χ1n) is 8.58. The predicted molar refractivity (Wildman–Crippen MR) is 91.6 cm³/mol. The van der Waals surface area contributed by atoms with Gasteiger partial charge in [-0.1, -0.05) is 12.2 Å². The second-order valence-corrected chi connectivity index (χ2v) is 8.33. The lowest BCUT2D eigenvalue weighted by molar-refractivity contribution is -0.152. The van der Waals surface area contributed by atoms with Gasteiger partial charge in [-0.2, -0.15) is 0 Å². The summed E-state index contributed by atoms with van der Waals surface area (Å²) in [7, 11) is 0. The van der Waals surface area contributed by atoms with Crippen molar-refractivity contribution in [2.75, 3.05) is 11.9 Å². The fraction of sp³-hybridized carbons (Fsp3) is 0.611. The van der Waals surface area contributed by atoms with Crippen molar-refractivity contribution in [1.29, 1.82) is 0 Å². The van der Waals surface area contributed by atoms with Crippen LogP contribution in [-0.4, -0.2) is 23.5 Å². The van der Waals surface area contributed by atoms with Gasteiger partial charge in [-0.15, -0.1) is 11.3 Å². The second kappa shape index (κ2) is 5.41. The van der Waals surface area contributed by atoms with Gasteiger partial charge in [0.2, 0.25) is 5.91 Å². The molecule has 1 aromatic rings. The van der Waals surface area contributed by atoms with Crippen LogP contribution >= 0.6 is 11.3 Å². The summed E-state index contributed by atoms with van der Waals surface area (Å²) in [5.74, 6) is -0.719. The van der Waals surface area contributed by atoms with E-state index < -0.39 is 0 Å². The maximum absolute atomic E-state index is 13.0. The van der Waals surface area contributed by atoms with Crippen LogP contribution in [0.3, 0.4) is 0 Å². The second-order valence-electron chi connectivity index (χ2n) is 7.12. The summed E-state index contributed by atoms with van der Waals surface area (Å²) in [6.07, 6.45) is 6.49. The lowest BCUT2D eigenvalue weighted by atomic mass is 9.82. The number of aryl methyl sites for hydroxylation is 2. The van der Waals surface area contributed by atoms with Gasteiger partial charge in [0.05, 0.1) is 24.1 Å². The molecule has 2 fully saturated rings. The van der Waals surface area contributed by atoms with Crippen LogP contribution in [0.25, 0.3) is 0 Å². The Balaban J connectivity index is 1.60. The molecule has 1 spiro atoms. The highest BCUT2D eigenvalue weighted by Crippen LogP contribution is 2.72. The molecule has 1 amide bonds. The van der Waals surface area contributed by atoms with Crippen LogP contribution < -0.4 is 5.32 Å². The summed E-state index contributed by atoms with van der Waals surface area (Å²) in [5.41, 5.74) is 1.07. The van der Waals surface area contributed by atoms with Crippen molar-refractivity contribution in [2.24, 2.45) is 29.1 Å². The zero-order valence-electron chi connectivity index (χ0n) is 14.2. The number of anilines is 1. The van der Waals surface area contributed by atoms with Crippen molar-refractivity contribution in [1.82, 2.24) is 4.98 Å². The lowest BCUT2D eigenvalue weighted by Gasteiger charge is -2.24. The molecule has 5 nitrogen and oxygen atoms in total. The molecule has 0 unspecified atom stereocenters. The number of ether oxygens (including phenoxy) is 1. The summed E-state index contributed by atoms with van der Waals surface area (Å²) >= 11 is 1.48. The Kier molecular flexibility index (Phi) is 3.56. The minimum absolute atomic E-state index is 0.0927. The highest BCUT2D eigenvalue weighted by Gasteiger charge is 2.70. The smallest absolute Gasteiger partial charge is 0.310 e. The zero-order chi connectivity index (χ0) is 17.1. The third kappa shape index (κ3) is 2.15. The van der Waals surface area contributed by atoms with Crippen LogP contribution in [0.5, 0.6) is 0 Å². The van der Waals surface area contributed by atoms with Crippen LogP contribution in [0, 0.1) is 42.9 Å². The number of nitrogens with zero attached hydrogens (tertiary/aromatic N) is 1. The van der Waals surface area contributed by atoms with E-state index in [2.05, 4.69) is 22.5 Å². The fourth-order valence-electron chi connectivity index (χ4n) is 4.63. The normalized spacial score (nSPS) is 31.5. The molecule has 4 atom stereocenters. The highest BCUT2D eigenvalue weighted by atomic mass is 32.1. The average molecular weight is 346 g/mol. The third-order valence-electron chi connectivity index (χ3n) is 5.96. The number of thiazole rings is 1. The molecule has 1 aromatic heterocycles. The number of carbonyl (C=O) groups is 2. The number of rotatable bonds is 4. The van der Waals surface area contributed by atoms with E-state index in [-0.39, 0.29) is 41.0 Å². The quantitative estimate of drug-likeness (QED) is 0.672. The summed E-state index contributed by atoms with van der Waals surface area (Å²) in [4.78, 5) is 31.0. The molecule has 0 aromatic carbocycles. The monoisotopic (exact) mass is 346 g/mol. The lowest BCUT2D eigenvalue weighted by Crippen LogP contribution is -2.37. The molecule has 6 heteroatoms. The molecule has 2 saturated carbocycles. The Morgan fingerprint density at radius 2 is 1.96 bits per heavy atom. The van der Waals surface area contributed by atoms with Crippen LogP contribution in [0.4, 0.5) is 5.13 Å². The predicted octanol–water partition coefficient (Wildman–Crippen LogP) is 3.09. The van der Waals surface area contributed by atoms with Gasteiger partial charge < -0.3 is 10.1 Å². The number of aromatic nitrogens is 1. The van der Waals surface area contributed by atoms with Gasteiger partial charge in [-0.25, -0.2) is 4.98 Å². The maximum Gasteiger partial charge on any atom is 0.310 e. The zero-order valence-corrected chi connectivity index (χ0v) is 15.0. The van der Waals surface area contributed by atoms with E-state index >= 15 is 0 Å². The molecule has 3 aliphatic rings. The number of hydrogen-bond donors (Lipinski definition) is 1. The Morgan fingerprint density at radius 3 is 2.50 bits per heavy atom. The number of allylic oxidation sites excluding steroid dienone is 2. The van der Waals surface area contributed by atoms with Crippen molar-refractivity contribution < 1.29 is 14.3 Å². The van der Waals surface area contributed by atoms with Crippen molar-refractivity contribution >= 4 is 28.3 Å². The van der Waals surface area contributed by atoms with Crippen LogP contribution in [-0.2, 0) is 14.3 Å². The summed E-state index contributed by atoms with van der Waals surface area (Å²) in [5, 5.41) is 3.57. The largest absolute Gasteiger partial charge is 0.466 e. The van der Waals surface area contributed by atoms with Gasteiger partial charge in [0, 0.05) is 4.88 Å². The summed E-state index contributed by atoms with van der Waals surface area (Å²) in [6, 6.07) is 0. The van der Waals surface area contributed by atoms with Gasteiger partial charge in [0.15, 0.2) is 5.13 Å². The Morgan fingerprint density at radius 1 is 1.29 bits per heavy atom. The first-order chi connectivity index (χ1) is 11.5. The molecule has 1 heterocycles. The molecule has 3 aliphatic carbocycles. The van der Waals surface area contributed by atoms with Crippen molar-refractivity contribution in [3.63, 3.8) is 0 Å². The van der Waals surface area contributed by atoms with E-state index in [0.29, 0.717) is 11.7 Å². The van der Waals surface area contributed by atoms with Gasteiger partial charge in [-0.05, 0) is 50.9 Å². The first-order valence-corrected chi connectivity index (χ1v) is 9.39. The Hall–Kier alpha value is -1.69. The molecule has 0 aliphatic heterocycles. The molecule has 0 saturated heterocycles. The number of esters is 1. The number of hydrogen-bond acceptors (Lipinski definition) is 5. The standard InChI is InChI=1S/C18H22N2O3S/c1-4-23-16(22)14-12-6-5-11(18(12)7-8-18)13(14)15(21)20-17-19-9(2)10(3)24-17/h5-6,11-14H,4,7-8H2,1-3H3,(H,19,20,21)/t11-,12+,13+,14+/m0/s1. The average Bonchev–Trinajstić information content (AvgIpc) is 3.09. The van der Waals surface area contributed by atoms with Crippen molar-refractivity contribution in [3.05, 3.63) is 22.7 Å². The van der Waals surface area contributed by atoms with Crippen LogP contribution in [0.15, 0.2) is 12.2 Å². The van der Waals surface area contributed by atoms with Crippen molar-refractivity contribution in [3.8, 4) is 0 Å². The molecule has 2 bridgehead atoms. The van der Waals surface area contributed by atoms with Crippen LogP contribution in [0.1, 0.15) is 30.3 Å². The molecule has 0 radical (unpaired) electrons. The Labute approximate surface area is 145 Å². The third-order valence-corrected chi connectivity index (χ3v) is 6.95. The minimum atomic E-state index is -0.357. The van der Waals surface area contributed by atoms with E-state index in [1.165, 1.54) is 11.3 Å². The van der Waals surface area contributed by atoms with Crippen LogP contribution in [0.2, 0.25) is 0 Å². The molecular formula is C18H22N2O3S. The summed E-state index contributed by atoms with van der Waals surface area (Å²) in [6.45, 7) is 6.08. The highest BCUT2D eigenvalue weighted by molar-refractivity contribution is 7.15. The van der Waals surface area contributed by atoms with E-state index in [4.69, 9.17) is 4.74 Å². The van der Waals surface area contributed by atoms with E-state index in [9.17, 15) is 9.59 Å². The van der Waals surface area contributed by atoms with Gasteiger partial charge in [0.25, 0.3) is 0 Å². The SMILES string of the molecule is CCOC(=O)[C@H]1[C@H](C(=O)Nc2nc(C)c(C)s2)[C@@H]2C=C[C@H]1C21CC1. The molecular weight excluding hydrogens is 324 g/mol. The van der Waals surface area contributed by atoms with E-state index in [0.717, 1.165) is 23.4 Å². The minimum Gasteiger partial charge on any atom is -0.466 e. The van der Waals surface area contributed by atoms with Gasteiger partial charge >= 0.3 is 5.97 Å². The van der Waals surface area contributed by atoms with E-state index in [1.807, 2.05) is 20.8 Å². The van der Waals surface area contributed by atoms with Gasteiger partial charge in [0.1, 0.15) is 0 Å². The van der Waals surface area contributed by atoms with Crippen molar-refractivity contribution in [2.45, 2.75) is 33.6 Å². The first kappa shape index (κ1) is 15.8. The number of amides is 1. The summed E-state index contributed by atoms with van der Waals surface area (Å²) < 4.78 is 5.29. The molecule has 4 rings (SSSR count). The van der Waals surface area contributed by atoms with E-state index in [1.54, 1.807) is 0 Å². The molecule has 24 heavy (non-hydrogen) atoms. The number of nitrogens with one attached hydrogen (secondary N) is 1. The number of carbonyl (C=O) groups excluding carboxylic acids is 2. The molecule has 128 valence electrons. The Bertz CT molecular complexity index is 715.